The Labute approximate surface area is 178 Å². The van der Waals surface area contributed by atoms with Crippen molar-refractivity contribution in [1.82, 2.24) is 4.98 Å². The van der Waals surface area contributed by atoms with Gasteiger partial charge in [0.2, 0.25) is 0 Å². The number of aromatic nitrogens is 1. The molecule has 0 N–H and O–H groups in total. The maximum absolute atomic E-state index is 7.69. The lowest BCUT2D eigenvalue weighted by molar-refractivity contribution is 0.669. The fourth-order valence-electron chi connectivity index (χ4n) is 4.67. The molecule has 0 radical (unpaired) electrons. The van der Waals surface area contributed by atoms with Crippen molar-refractivity contribution in [2.75, 3.05) is 0 Å². The zero-order valence-electron chi connectivity index (χ0n) is 17.6. The first kappa shape index (κ1) is 15.7. The van der Waals surface area contributed by atoms with Crippen LogP contribution in [-0.4, -0.2) is 4.98 Å². The highest BCUT2D eigenvalue weighted by Crippen LogP contribution is 2.41. The van der Waals surface area contributed by atoms with Gasteiger partial charge < -0.3 is 8.83 Å². The smallest absolute Gasteiger partial charge is 0.144 e. The highest BCUT2D eigenvalue weighted by Gasteiger charge is 2.17. The maximum atomic E-state index is 7.69. The zero-order chi connectivity index (χ0) is 21.2. The number of hydrogen-bond acceptors (Lipinski definition) is 3. The molecule has 3 heterocycles. The Morgan fingerprint density at radius 1 is 0.645 bits per heavy atom. The quantitative estimate of drug-likeness (QED) is 0.280. The maximum Gasteiger partial charge on any atom is 0.144 e. The van der Waals surface area contributed by atoms with Gasteiger partial charge in [-0.25, -0.2) is 0 Å². The lowest BCUT2D eigenvalue weighted by Crippen LogP contribution is -1.84. The predicted molar refractivity (Wildman–Crippen MR) is 126 cm³/mol. The molecule has 3 nitrogen and oxygen atoms in total. The van der Waals surface area contributed by atoms with Crippen LogP contribution in [0.15, 0.2) is 93.9 Å². The van der Waals surface area contributed by atoms with Gasteiger partial charge in [0.25, 0.3) is 0 Å². The molecule has 3 heteroatoms. The Kier molecular flexibility index (Phi) is 3.02. The van der Waals surface area contributed by atoms with Gasteiger partial charge in [0.05, 0.1) is 5.69 Å². The molecule has 146 valence electrons. The summed E-state index contributed by atoms with van der Waals surface area (Å²) < 4.78 is 20.4. The van der Waals surface area contributed by atoms with Gasteiger partial charge in [-0.2, -0.15) is 0 Å². The average Bonchev–Trinajstić information content (AvgIpc) is 3.42. The van der Waals surface area contributed by atoms with E-state index in [1.807, 2.05) is 42.5 Å². The molecule has 7 aromatic rings. The molecule has 0 aliphatic heterocycles. The van der Waals surface area contributed by atoms with Crippen LogP contribution in [0.5, 0.6) is 0 Å². The summed E-state index contributed by atoms with van der Waals surface area (Å²) in [5.74, 6) is 0. The summed E-state index contributed by atoms with van der Waals surface area (Å²) in [5.41, 5.74) is 6.13. The van der Waals surface area contributed by atoms with Crippen molar-refractivity contribution in [3.8, 4) is 11.3 Å². The Morgan fingerprint density at radius 2 is 1.32 bits per heavy atom. The van der Waals surface area contributed by atoms with Gasteiger partial charge in [0.1, 0.15) is 22.3 Å². The van der Waals surface area contributed by atoms with Gasteiger partial charge in [-0.3, -0.25) is 4.98 Å². The second kappa shape index (κ2) is 5.96. The summed E-state index contributed by atoms with van der Waals surface area (Å²) >= 11 is 0. The fourth-order valence-corrected chi connectivity index (χ4v) is 4.67. The van der Waals surface area contributed by atoms with Crippen LogP contribution < -0.4 is 0 Å². The first-order chi connectivity index (χ1) is 15.8. The van der Waals surface area contributed by atoms with Crippen molar-refractivity contribution < 1.29 is 10.2 Å². The first-order valence-corrected chi connectivity index (χ1v) is 10.2. The molecule has 0 atom stereocenters. The summed E-state index contributed by atoms with van der Waals surface area (Å²) in [6.07, 6.45) is 1.76. The minimum absolute atomic E-state index is 0.226. The molecule has 0 fully saturated rings. The van der Waals surface area contributed by atoms with Crippen LogP contribution in [0.25, 0.3) is 65.9 Å². The highest BCUT2D eigenvalue weighted by atomic mass is 16.3. The summed E-state index contributed by atoms with van der Waals surface area (Å²) in [6, 6.07) is 26.6. The summed E-state index contributed by atoms with van der Waals surface area (Å²) in [5, 5.41) is 6.44. The third-order valence-corrected chi connectivity index (χ3v) is 6.10. The van der Waals surface area contributed by atoms with E-state index in [2.05, 4.69) is 41.4 Å². The molecule has 3 aromatic heterocycles. The number of pyridine rings is 1. The molecule has 4 aromatic carbocycles. The molecule has 0 saturated carbocycles. The van der Waals surface area contributed by atoms with E-state index in [1.165, 1.54) is 0 Å². The predicted octanol–water partition coefficient (Wildman–Crippen LogP) is 8.01. The van der Waals surface area contributed by atoms with E-state index in [4.69, 9.17) is 10.2 Å². The van der Waals surface area contributed by atoms with Crippen LogP contribution >= 0.6 is 0 Å². The lowest BCUT2D eigenvalue weighted by atomic mass is 10.0. The minimum atomic E-state index is 0.226. The second-order valence-corrected chi connectivity index (χ2v) is 7.91. The SMILES string of the molecule is [2H]Cc1ccnc(-c2cccc3c2oc2c3ccc3c2ccc2c4ccccc4oc23)c1. The Balaban J connectivity index is 1.57. The molecule has 7 rings (SSSR count). The normalized spacial score (nSPS) is 12.5. The van der Waals surface area contributed by atoms with Crippen molar-refractivity contribution in [1.29, 1.82) is 0 Å². The standard InChI is InChI=1S/C28H17NO2/c1-16-13-14-29-24(15-16)23-7-4-6-18-20-11-12-21-22(27(20)31-28(18)23)10-9-19-17-5-2-3-8-25(17)30-26(19)21/h2-15H,1H3/i1D. The number of nitrogens with zero attached hydrogens (tertiary/aromatic N) is 1. The summed E-state index contributed by atoms with van der Waals surface area (Å²) in [6.45, 7) is 0.226. The number of aryl methyl sites for hydroxylation is 1. The van der Waals surface area contributed by atoms with Crippen molar-refractivity contribution in [3.63, 3.8) is 0 Å². The lowest BCUT2D eigenvalue weighted by Gasteiger charge is -2.02. The van der Waals surface area contributed by atoms with Crippen molar-refractivity contribution in [3.05, 3.63) is 90.6 Å². The van der Waals surface area contributed by atoms with Gasteiger partial charge >= 0.3 is 0 Å². The van der Waals surface area contributed by atoms with E-state index in [-0.39, 0.29) is 6.90 Å². The van der Waals surface area contributed by atoms with E-state index >= 15 is 0 Å². The third-order valence-electron chi connectivity index (χ3n) is 6.10. The van der Waals surface area contributed by atoms with E-state index in [0.717, 1.165) is 71.5 Å². The summed E-state index contributed by atoms with van der Waals surface area (Å²) in [7, 11) is 0. The van der Waals surface area contributed by atoms with Crippen LogP contribution in [0.2, 0.25) is 0 Å². The molecule has 0 amide bonds. The van der Waals surface area contributed by atoms with Gasteiger partial charge in [0.15, 0.2) is 0 Å². The van der Waals surface area contributed by atoms with Crippen molar-refractivity contribution in [2.24, 2.45) is 0 Å². The Bertz CT molecular complexity index is 1830. The third kappa shape index (κ3) is 2.26. The van der Waals surface area contributed by atoms with Gasteiger partial charge in [0, 0.05) is 45.4 Å². The van der Waals surface area contributed by atoms with E-state index in [1.54, 1.807) is 6.20 Å². The largest absolute Gasteiger partial charge is 0.455 e. The average molecular weight is 400 g/mol. The number of para-hydroxylation sites is 2. The van der Waals surface area contributed by atoms with Gasteiger partial charge in [-0.1, -0.05) is 30.3 Å². The molecule has 0 unspecified atom stereocenters. The van der Waals surface area contributed by atoms with Crippen molar-refractivity contribution in [2.45, 2.75) is 6.90 Å². The number of furan rings is 2. The number of fused-ring (bicyclic) bond motifs is 9. The van der Waals surface area contributed by atoms with Gasteiger partial charge in [-0.05, 0) is 61.0 Å². The molecule has 0 aliphatic rings. The molecule has 0 saturated heterocycles. The number of benzene rings is 4. The van der Waals surface area contributed by atoms with E-state index in [0.29, 0.717) is 0 Å². The van der Waals surface area contributed by atoms with Crippen LogP contribution in [0.1, 0.15) is 6.93 Å². The molecule has 0 bridgehead atoms. The molecule has 0 spiro atoms. The second-order valence-electron chi connectivity index (χ2n) is 7.91. The van der Waals surface area contributed by atoms with E-state index in [9.17, 15) is 0 Å². The van der Waals surface area contributed by atoms with Crippen LogP contribution in [0, 0.1) is 6.90 Å². The zero-order valence-corrected chi connectivity index (χ0v) is 16.6. The molecular formula is C28H17NO2. The van der Waals surface area contributed by atoms with Crippen LogP contribution in [0.3, 0.4) is 0 Å². The minimum Gasteiger partial charge on any atom is -0.455 e. The fraction of sp³-hybridized carbons (Fsp3) is 0.0357. The van der Waals surface area contributed by atoms with Crippen LogP contribution in [0.4, 0.5) is 0 Å². The van der Waals surface area contributed by atoms with Crippen molar-refractivity contribution >= 4 is 54.6 Å². The monoisotopic (exact) mass is 400 g/mol. The molecular weight excluding hydrogens is 382 g/mol. The highest BCUT2D eigenvalue weighted by molar-refractivity contribution is 6.23. The van der Waals surface area contributed by atoms with Crippen LogP contribution in [-0.2, 0) is 0 Å². The Hall–Kier alpha value is -4.11. The van der Waals surface area contributed by atoms with Gasteiger partial charge in [-0.15, -0.1) is 0 Å². The number of hydrogen-bond donors (Lipinski definition) is 0. The topological polar surface area (TPSA) is 39.2 Å². The number of rotatable bonds is 1. The molecule has 31 heavy (non-hydrogen) atoms. The van der Waals surface area contributed by atoms with E-state index < -0.39 is 0 Å². The molecule has 0 aliphatic carbocycles. The first-order valence-electron chi connectivity index (χ1n) is 11.0. The summed E-state index contributed by atoms with van der Waals surface area (Å²) in [4.78, 5) is 4.55. The Morgan fingerprint density at radius 3 is 2.13 bits per heavy atom.